The van der Waals surface area contributed by atoms with Crippen molar-refractivity contribution in [3.8, 4) is 0 Å². The Morgan fingerprint density at radius 3 is 3.27 bits per heavy atom. The third-order valence-corrected chi connectivity index (χ3v) is 3.50. The standard InChI is InChI=1S/C12H14O2S/c1-2-14-12(13)8-9-4-3-5-11-10(9)6-7-15-11/h6-8H,2-5H2,1H3/b9-8-. The highest BCUT2D eigenvalue weighted by molar-refractivity contribution is 7.10. The maximum atomic E-state index is 11.3. The zero-order chi connectivity index (χ0) is 10.7. The molecule has 0 aromatic carbocycles. The predicted octanol–water partition coefficient (Wildman–Crippen LogP) is 3.03. The van der Waals surface area contributed by atoms with E-state index < -0.39 is 0 Å². The minimum atomic E-state index is -0.216. The van der Waals surface area contributed by atoms with Crippen LogP contribution in [0.25, 0.3) is 5.57 Å². The van der Waals surface area contributed by atoms with Gasteiger partial charge >= 0.3 is 5.97 Å². The first-order valence-corrected chi connectivity index (χ1v) is 6.13. The van der Waals surface area contributed by atoms with E-state index in [0.29, 0.717) is 6.61 Å². The van der Waals surface area contributed by atoms with Gasteiger partial charge in [0.1, 0.15) is 0 Å². The summed E-state index contributed by atoms with van der Waals surface area (Å²) in [5.41, 5.74) is 2.38. The van der Waals surface area contributed by atoms with Crippen molar-refractivity contribution in [2.75, 3.05) is 6.61 Å². The molecule has 0 amide bonds. The van der Waals surface area contributed by atoms with E-state index in [1.165, 1.54) is 10.4 Å². The highest BCUT2D eigenvalue weighted by atomic mass is 32.1. The molecule has 0 saturated carbocycles. The van der Waals surface area contributed by atoms with Gasteiger partial charge in [-0.1, -0.05) is 0 Å². The maximum Gasteiger partial charge on any atom is 0.331 e. The fraction of sp³-hybridized carbons (Fsp3) is 0.417. The Morgan fingerprint density at radius 2 is 2.47 bits per heavy atom. The summed E-state index contributed by atoms with van der Waals surface area (Å²) >= 11 is 1.78. The number of carbonyl (C=O) groups excluding carboxylic acids is 1. The zero-order valence-corrected chi connectivity index (χ0v) is 9.60. The molecule has 0 atom stereocenters. The number of rotatable bonds is 2. The number of hydrogen-bond acceptors (Lipinski definition) is 3. The van der Waals surface area contributed by atoms with Gasteiger partial charge in [0.05, 0.1) is 6.61 Å². The maximum absolute atomic E-state index is 11.3. The normalized spacial score (nSPS) is 17.5. The first kappa shape index (κ1) is 10.4. The van der Waals surface area contributed by atoms with Gasteiger partial charge in [-0.15, -0.1) is 11.3 Å². The lowest BCUT2D eigenvalue weighted by Crippen LogP contribution is -2.04. The van der Waals surface area contributed by atoms with Gasteiger partial charge in [0, 0.05) is 11.0 Å². The summed E-state index contributed by atoms with van der Waals surface area (Å²) in [5.74, 6) is -0.216. The first-order chi connectivity index (χ1) is 7.31. The van der Waals surface area contributed by atoms with Crippen molar-refractivity contribution in [3.63, 3.8) is 0 Å². The molecule has 80 valence electrons. The molecule has 0 unspecified atom stereocenters. The number of hydrogen-bond donors (Lipinski definition) is 0. The molecule has 3 heteroatoms. The number of allylic oxidation sites excluding steroid dienone is 1. The average molecular weight is 222 g/mol. The van der Waals surface area contributed by atoms with E-state index in [4.69, 9.17) is 4.74 Å². The highest BCUT2D eigenvalue weighted by Crippen LogP contribution is 2.33. The quantitative estimate of drug-likeness (QED) is 0.568. The third kappa shape index (κ3) is 2.29. The molecule has 15 heavy (non-hydrogen) atoms. The molecule has 2 rings (SSSR count). The van der Waals surface area contributed by atoms with E-state index in [9.17, 15) is 4.79 Å². The van der Waals surface area contributed by atoms with Crippen LogP contribution in [0.5, 0.6) is 0 Å². The second kappa shape index (κ2) is 4.62. The summed E-state index contributed by atoms with van der Waals surface area (Å²) in [6, 6.07) is 2.10. The molecule has 0 N–H and O–H groups in total. The van der Waals surface area contributed by atoms with Gasteiger partial charge in [0.25, 0.3) is 0 Å². The Kier molecular flexibility index (Phi) is 3.21. The van der Waals surface area contributed by atoms with E-state index in [0.717, 1.165) is 24.8 Å². The first-order valence-electron chi connectivity index (χ1n) is 5.25. The molecule has 0 radical (unpaired) electrons. The van der Waals surface area contributed by atoms with Gasteiger partial charge in [-0.2, -0.15) is 0 Å². The Labute approximate surface area is 93.6 Å². The van der Waals surface area contributed by atoms with Crippen LogP contribution in [-0.4, -0.2) is 12.6 Å². The summed E-state index contributed by atoms with van der Waals surface area (Å²) in [7, 11) is 0. The molecule has 0 spiro atoms. The van der Waals surface area contributed by atoms with E-state index >= 15 is 0 Å². The van der Waals surface area contributed by atoms with Crippen LogP contribution >= 0.6 is 11.3 Å². The number of esters is 1. The van der Waals surface area contributed by atoms with Crippen LogP contribution in [0.4, 0.5) is 0 Å². The fourth-order valence-corrected chi connectivity index (χ4v) is 2.83. The summed E-state index contributed by atoms with van der Waals surface area (Å²) in [6.07, 6.45) is 4.92. The highest BCUT2D eigenvalue weighted by Gasteiger charge is 2.16. The molecule has 0 aliphatic heterocycles. The number of thiophene rings is 1. The Morgan fingerprint density at radius 1 is 1.60 bits per heavy atom. The van der Waals surface area contributed by atoms with Gasteiger partial charge in [-0.25, -0.2) is 4.79 Å². The smallest absolute Gasteiger partial charge is 0.331 e. The van der Waals surface area contributed by atoms with Crippen LogP contribution in [0.1, 0.15) is 30.2 Å². The lowest BCUT2D eigenvalue weighted by Gasteiger charge is -2.14. The lowest BCUT2D eigenvalue weighted by atomic mass is 9.93. The van der Waals surface area contributed by atoms with E-state index in [1.807, 2.05) is 6.92 Å². The largest absolute Gasteiger partial charge is 0.463 e. The van der Waals surface area contributed by atoms with Gasteiger partial charge in [-0.3, -0.25) is 0 Å². The lowest BCUT2D eigenvalue weighted by molar-refractivity contribution is -0.137. The average Bonchev–Trinajstić information content (AvgIpc) is 2.67. The molecule has 2 nitrogen and oxygen atoms in total. The molecule has 0 fully saturated rings. The van der Waals surface area contributed by atoms with Crippen LogP contribution < -0.4 is 0 Å². The fourth-order valence-electron chi connectivity index (χ4n) is 1.87. The second-order valence-corrected chi connectivity index (χ2v) is 4.53. The van der Waals surface area contributed by atoms with Crippen molar-refractivity contribution in [1.29, 1.82) is 0 Å². The third-order valence-electron chi connectivity index (χ3n) is 2.52. The number of ether oxygens (including phenoxy) is 1. The second-order valence-electron chi connectivity index (χ2n) is 3.53. The van der Waals surface area contributed by atoms with Crippen LogP contribution in [0, 0.1) is 0 Å². The molecule has 1 aromatic rings. The van der Waals surface area contributed by atoms with Crippen LogP contribution in [-0.2, 0) is 16.0 Å². The number of carbonyl (C=O) groups is 1. The summed E-state index contributed by atoms with van der Waals surface area (Å²) in [4.78, 5) is 12.7. The molecule has 1 aromatic heterocycles. The Bertz CT molecular complexity index is 390. The predicted molar refractivity (Wildman–Crippen MR) is 61.9 cm³/mol. The molecule has 0 saturated heterocycles. The van der Waals surface area contributed by atoms with Gasteiger partial charge < -0.3 is 4.74 Å². The summed E-state index contributed by atoms with van der Waals surface area (Å²) in [6.45, 7) is 2.27. The van der Waals surface area contributed by atoms with Crippen molar-refractivity contribution >= 4 is 22.9 Å². The Hall–Kier alpha value is -1.09. The SMILES string of the molecule is CCOC(=O)/C=C1/CCCc2sccc21. The molecule has 1 aliphatic rings. The minimum Gasteiger partial charge on any atom is -0.463 e. The van der Waals surface area contributed by atoms with Gasteiger partial charge in [0.15, 0.2) is 0 Å². The summed E-state index contributed by atoms with van der Waals surface area (Å²) in [5, 5.41) is 2.09. The van der Waals surface area contributed by atoms with Crippen molar-refractivity contribution < 1.29 is 9.53 Å². The van der Waals surface area contributed by atoms with E-state index in [-0.39, 0.29) is 5.97 Å². The monoisotopic (exact) mass is 222 g/mol. The molecule has 1 heterocycles. The number of fused-ring (bicyclic) bond motifs is 1. The van der Waals surface area contributed by atoms with Crippen LogP contribution in [0.15, 0.2) is 17.5 Å². The van der Waals surface area contributed by atoms with Crippen LogP contribution in [0.3, 0.4) is 0 Å². The molecular weight excluding hydrogens is 208 g/mol. The van der Waals surface area contributed by atoms with Crippen LogP contribution in [0.2, 0.25) is 0 Å². The van der Waals surface area contributed by atoms with E-state index in [2.05, 4.69) is 11.4 Å². The van der Waals surface area contributed by atoms with Crippen molar-refractivity contribution in [2.45, 2.75) is 26.2 Å². The van der Waals surface area contributed by atoms with Crippen molar-refractivity contribution in [1.82, 2.24) is 0 Å². The molecule has 0 bridgehead atoms. The topological polar surface area (TPSA) is 26.3 Å². The minimum absolute atomic E-state index is 0.216. The van der Waals surface area contributed by atoms with Crippen molar-refractivity contribution in [3.05, 3.63) is 28.0 Å². The van der Waals surface area contributed by atoms with Gasteiger partial charge in [0.2, 0.25) is 0 Å². The van der Waals surface area contributed by atoms with Crippen molar-refractivity contribution in [2.24, 2.45) is 0 Å². The molecule has 1 aliphatic carbocycles. The summed E-state index contributed by atoms with van der Waals surface area (Å²) < 4.78 is 4.92. The zero-order valence-electron chi connectivity index (χ0n) is 8.79. The molecular formula is C12H14O2S. The van der Waals surface area contributed by atoms with Gasteiger partial charge in [-0.05, 0) is 48.8 Å². The number of aryl methyl sites for hydroxylation is 1. The van der Waals surface area contributed by atoms with E-state index in [1.54, 1.807) is 17.4 Å². The Balaban J connectivity index is 2.22.